The minimum Gasteiger partial charge on any atom is -0.345 e. The van der Waals surface area contributed by atoms with E-state index in [2.05, 4.69) is 4.98 Å². The van der Waals surface area contributed by atoms with Crippen molar-refractivity contribution in [3.8, 4) is 0 Å². The number of carbonyl (C=O) groups excluding carboxylic acids is 1. The van der Waals surface area contributed by atoms with Gasteiger partial charge in [-0.1, -0.05) is 0 Å². The molecule has 2 heterocycles. The zero-order valence-corrected chi connectivity index (χ0v) is 11.8. The summed E-state index contributed by atoms with van der Waals surface area (Å²) in [5.41, 5.74) is 1.12. The zero-order chi connectivity index (χ0) is 13.9. The molecule has 0 N–H and O–H groups in total. The van der Waals surface area contributed by atoms with E-state index < -0.39 is 9.84 Å². The van der Waals surface area contributed by atoms with Crippen molar-refractivity contribution in [1.82, 2.24) is 9.88 Å². The molecule has 0 aliphatic carbocycles. The molecule has 0 spiro atoms. The molecule has 104 valence electrons. The summed E-state index contributed by atoms with van der Waals surface area (Å²) < 4.78 is 22.7. The van der Waals surface area contributed by atoms with Crippen LogP contribution in [0.25, 0.3) is 0 Å². The first-order valence-electron chi connectivity index (χ1n) is 6.32. The summed E-state index contributed by atoms with van der Waals surface area (Å²) in [7, 11) is -1.27. The molecule has 0 aromatic carbocycles. The Hall–Kier alpha value is -1.43. The van der Waals surface area contributed by atoms with Crippen molar-refractivity contribution < 1.29 is 13.2 Å². The maximum Gasteiger partial charge on any atom is 0.226 e. The molecule has 1 atom stereocenters. The van der Waals surface area contributed by atoms with Gasteiger partial charge in [0.2, 0.25) is 5.91 Å². The molecule has 0 bridgehead atoms. The molecule has 6 heteroatoms. The summed E-state index contributed by atoms with van der Waals surface area (Å²) in [5, 5.41) is 0. The Labute approximate surface area is 113 Å². The Kier molecular flexibility index (Phi) is 4.19. The van der Waals surface area contributed by atoms with E-state index in [-0.39, 0.29) is 23.3 Å². The molecule has 0 radical (unpaired) electrons. The first kappa shape index (κ1) is 14.0. The number of hydrogen-bond donors (Lipinski definition) is 0. The summed E-state index contributed by atoms with van der Waals surface area (Å²) in [6.07, 6.45) is 4.66. The predicted molar refractivity (Wildman–Crippen MR) is 72.3 cm³/mol. The van der Waals surface area contributed by atoms with Crippen molar-refractivity contribution in [3.63, 3.8) is 0 Å². The van der Waals surface area contributed by atoms with Crippen LogP contribution in [0.15, 0.2) is 24.5 Å². The highest BCUT2D eigenvalue weighted by Crippen LogP contribution is 2.20. The quantitative estimate of drug-likeness (QED) is 0.807. The average molecular weight is 282 g/mol. The van der Waals surface area contributed by atoms with Gasteiger partial charge < -0.3 is 4.90 Å². The summed E-state index contributed by atoms with van der Waals surface area (Å²) >= 11 is 0. The Balaban J connectivity index is 1.87. The van der Waals surface area contributed by atoms with Crippen molar-refractivity contribution in [2.24, 2.45) is 5.92 Å². The third-order valence-corrected chi connectivity index (χ3v) is 5.21. The van der Waals surface area contributed by atoms with Gasteiger partial charge in [-0.25, -0.2) is 8.42 Å². The Morgan fingerprint density at radius 3 is 2.68 bits per heavy atom. The highest BCUT2D eigenvalue weighted by Gasteiger charge is 2.34. The normalized spacial score (nSPS) is 21.2. The fourth-order valence-corrected chi connectivity index (χ4v) is 3.99. The topological polar surface area (TPSA) is 67.3 Å². The van der Waals surface area contributed by atoms with Crippen molar-refractivity contribution in [3.05, 3.63) is 30.1 Å². The lowest BCUT2D eigenvalue weighted by molar-refractivity contribution is -0.133. The van der Waals surface area contributed by atoms with Crippen LogP contribution in [0, 0.1) is 5.92 Å². The minimum absolute atomic E-state index is 0.00539. The van der Waals surface area contributed by atoms with Crippen LogP contribution < -0.4 is 0 Å². The number of amides is 1. The fourth-order valence-electron chi connectivity index (χ4n) is 2.26. The van der Waals surface area contributed by atoms with E-state index in [4.69, 9.17) is 0 Å². The lowest BCUT2D eigenvalue weighted by Crippen LogP contribution is -2.35. The van der Waals surface area contributed by atoms with Crippen molar-refractivity contribution in [2.75, 3.05) is 25.1 Å². The number of hydrogen-bond acceptors (Lipinski definition) is 4. The first-order chi connectivity index (χ1) is 8.98. The molecule has 1 aliphatic rings. The van der Waals surface area contributed by atoms with Crippen LogP contribution in [0.3, 0.4) is 0 Å². The first-order valence-corrected chi connectivity index (χ1v) is 8.14. The van der Waals surface area contributed by atoms with Crippen LogP contribution in [0.5, 0.6) is 0 Å². The van der Waals surface area contributed by atoms with Gasteiger partial charge >= 0.3 is 0 Å². The van der Waals surface area contributed by atoms with Crippen LogP contribution in [-0.4, -0.2) is 49.3 Å². The molecule has 1 saturated heterocycles. The Bertz CT molecular complexity index is 542. The van der Waals surface area contributed by atoms with Gasteiger partial charge in [-0.15, -0.1) is 0 Å². The number of rotatable bonds is 4. The molecule has 5 nitrogen and oxygen atoms in total. The summed E-state index contributed by atoms with van der Waals surface area (Å²) in [5.74, 6) is -0.268. The molecule has 0 saturated carbocycles. The van der Waals surface area contributed by atoms with E-state index in [1.807, 2.05) is 12.1 Å². The molecular weight excluding hydrogens is 264 g/mol. The van der Waals surface area contributed by atoms with E-state index in [1.54, 1.807) is 24.3 Å². The maximum absolute atomic E-state index is 12.1. The highest BCUT2D eigenvalue weighted by molar-refractivity contribution is 7.91. The fraction of sp³-hybridized carbons (Fsp3) is 0.538. The van der Waals surface area contributed by atoms with Gasteiger partial charge in [0.15, 0.2) is 9.84 Å². The molecule has 1 fully saturated rings. The van der Waals surface area contributed by atoms with E-state index in [0.29, 0.717) is 13.0 Å². The number of aromatic nitrogens is 1. The van der Waals surface area contributed by atoms with Gasteiger partial charge in [0.1, 0.15) is 0 Å². The second kappa shape index (κ2) is 5.69. The molecule has 1 amide bonds. The van der Waals surface area contributed by atoms with Crippen LogP contribution >= 0.6 is 0 Å². The van der Waals surface area contributed by atoms with Crippen molar-refractivity contribution >= 4 is 15.7 Å². The third-order valence-electron chi connectivity index (χ3n) is 3.44. The average Bonchev–Trinajstić information content (AvgIpc) is 2.76. The van der Waals surface area contributed by atoms with E-state index in [1.165, 1.54) is 0 Å². The van der Waals surface area contributed by atoms with E-state index >= 15 is 0 Å². The van der Waals surface area contributed by atoms with Gasteiger partial charge in [-0.2, -0.15) is 0 Å². The molecule has 19 heavy (non-hydrogen) atoms. The van der Waals surface area contributed by atoms with Crippen molar-refractivity contribution in [2.45, 2.75) is 12.8 Å². The third kappa shape index (κ3) is 3.76. The number of nitrogens with zero attached hydrogens (tertiary/aromatic N) is 2. The van der Waals surface area contributed by atoms with E-state index in [0.717, 1.165) is 12.0 Å². The number of pyridine rings is 1. The van der Waals surface area contributed by atoms with Gasteiger partial charge in [-0.3, -0.25) is 9.78 Å². The lowest BCUT2D eigenvalue weighted by atomic mass is 10.1. The van der Waals surface area contributed by atoms with Crippen LogP contribution in [0.4, 0.5) is 0 Å². The zero-order valence-electron chi connectivity index (χ0n) is 10.9. The van der Waals surface area contributed by atoms with Gasteiger partial charge in [0.05, 0.1) is 17.4 Å². The molecule has 1 unspecified atom stereocenters. The van der Waals surface area contributed by atoms with Gasteiger partial charge in [0, 0.05) is 26.0 Å². The monoisotopic (exact) mass is 282 g/mol. The lowest BCUT2D eigenvalue weighted by Gasteiger charge is -2.20. The molecule has 1 aromatic rings. The Morgan fingerprint density at radius 1 is 1.42 bits per heavy atom. The SMILES string of the molecule is CN(CCc1ccncc1)C(=O)C1CCS(=O)(=O)C1. The molecule has 1 aromatic heterocycles. The number of likely N-dealkylation sites (N-methyl/N-ethyl adjacent to an activating group) is 1. The predicted octanol–water partition coefficient (Wildman–Crippen LogP) is 0.517. The maximum atomic E-state index is 12.1. The molecule has 1 aliphatic heterocycles. The van der Waals surface area contributed by atoms with Gasteiger partial charge in [-0.05, 0) is 30.5 Å². The Morgan fingerprint density at radius 2 is 2.11 bits per heavy atom. The highest BCUT2D eigenvalue weighted by atomic mass is 32.2. The summed E-state index contributed by atoms with van der Waals surface area (Å²) in [6.45, 7) is 0.597. The summed E-state index contributed by atoms with van der Waals surface area (Å²) in [6, 6.07) is 3.83. The van der Waals surface area contributed by atoms with Crippen LogP contribution in [0.1, 0.15) is 12.0 Å². The molecule has 2 rings (SSSR count). The number of carbonyl (C=O) groups is 1. The molecular formula is C13H18N2O3S. The standard InChI is InChI=1S/C13H18N2O3S/c1-15(8-4-11-2-6-14-7-3-11)13(16)12-5-9-19(17,18)10-12/h2-3,6-7,12H,4-5,8-10H2,1H3. The van der Waals surface area contributed by atoms with Crippen LogP contribution in [0.2, 0.25) is 0 Å². The van der Waals surface area contributed by atoms with Crippen LogP contribution in [-0.2, 0) is 21.1 Å². The summed E-state index contributed by atoms with van der Waals surface area (Å²) in [4.78, 5) is 17.7. The smallest absolute Gasteiger partial charge is 0.226 e. The minimum atomic E-state index is -3.00. The van der Waals surface area contributed by atoms with Gasteiger partial charge in [0.25, 0.3) is 0 Å². The van der Waals surface area contributed by atoms with Crippen molar-refractivity contribution in [1.29, 1.82) is 0 Å². The second-order valence-electron chi connectivity index (χ2n) is 4.97. The second-order valence-corrected chi connectivity index (χ2v) is 7.19. The number of sulfone groups is 1. The van der Waals surface area contributed by atoms with E-state index in [9.17, 15) is 13.2 Å². The largest absolute Gasteiger partial charge is 0.345 e.